The van der Waals surface area contributed by atoms with E-state index in [2.05, 4.69) is 10.6 Å². The molecular weight excluding hydrogens is 278 g/mol. The molecule has 0 saturated heterocycles. The molecule has 0 unspecified atom stereocenters. The molecule has 0 aliphatic carbocycles. The molecule has 2 rings (SSSR count). The minimum absolute atomic E-state index is 0.0413. The van der Waals surface area contributed by atoms with Gasteiger partial charge >= 0.3 is 5.69 Å². The van der Waals surface area contributed by atoms with Gasteiger partial charge in [-0.05, 0) is 30.5 Å². The molecule has 2 N–H and O–H groups in total. The number of hydrogen-bond donors (Lipinski definition) is 2. The Morgan fingerprint density at radius 3 is 2.80 bits per heavy atom. The molecule has 0 aliphatic rings. The quantitative estimate of drug-likeness (QED) is 0.653. The van der Waals surface area contributed by atoms with Crippen molar-refractivity contribution in [2.24, 2.45) is 0 Å². The summed E-state index contributed by atoms with van der Waals surface area (Å²) in [5.41, 5.74) is 0.806. The Labute approximate surface area is 119 Å². The van der Waals surface area contributed by atoms with E-state index in [1.165, 1.54) is 17.4 Å². The Kier molecular flexibility index (Phi) is 4.31. The second-order valence-corrected chi connectivity index (χ2v) is 4.74. The van der Waals surface area contributed by atoms with E-state index in [1.807, 2.05) is 12.3 Å². The molecule has 1 aromatic heterocycles. The summed E-state index contributed by atoms with van der Waals surface area (Å²) >= 11 is 1.44. The SMILES string of the molecule is CCNc1cccc(C(=O)Nc2ccsc2)c1[N+](=O)[O-]. The number of nitrogens with one attached hydrogen (secondary N) is 2. The van der Waals surface area contributed by atoms with Crippen LogP contribution in [0, 0.1) is 10.1 Å². The zero-order valence-corrected chi connectivity index (χ0v) is 11.6. The first-order valence-corrected chi connectivity index (χ1v) is 6.92. The van der Waals surface area contributed by atoms with Crippen LogP contribution < -0.4 is 10.6 Å². The monoisotopic (exact) mass is 291 g/mol. The zero-order chi connectivity index (χ0) is 14.5. The first-order chi connectivity index (χ1) is 9.63. The minimum Gasteiger partial charge on any atom is -0.380 e. The van der Waals surface area contributed by atoms with Crippen LogP contribution in [0.25, 0.3) is 0 Å². The Bertz CT molecular complexity index is 626. The van der Waals surface area contributed by atoms with Gasteiger partial charge in [0.2, 0.25) is 0 Å². The van der Waals surface area contributed by atoms with Crippen LogP contribution in [-0.2, 0) is 0 Å². The van der Waals surface area contributed by atoms with Crippen molar-refractivity contribution in [1.29, 1.82) is 0 Å². The normalized spacial score (nSPS) is 10.1. The summed E-state index contributed by atoms with van der Waals surface area (Å²) in [6, 6.07) is 6.39. The maximum Gasteiger partial charge on any atom is 0.305 e. The highest BCUT2D eigenvalue weighted by molar-refractivity contribution is 7.08. The van der Waals surface area contributed by atoms with Crippen LogP contribution in [-0.4, -0.2) is 17.4 Å². The summed E-state index contributed by atoms with van der Waals surface area (Å²) in [6.45, 7) is 2.37. The van der Waals surface area contributed by atoms with Crippen molar-refractivity contribution in [2.75, 3.05) is 17.2 Å². The van der Waals surface area contributed by atoms with E-state index in [1.54, 1.807) is 23.6 Å². The average Bonchev–Trinajstić information content (AvgIpc) is 2.91. The van der Waals surface area contributed by atoms with E-state index < -0.39 is 10.8 Å². The Morgan fingerprint density at radius 2 is 2.20 bits per heavy atom. The third kappa shape index (κ3) is 2.94. The summed E-state index contributed by atoms with van der Waals surface area (Å²) in [7, 11) is 0. The van der Waals surface area contributed by atoms with Crippen molar-refractivity contribution in [3.8, 4) is 0 Å². The second kappa shape index (κ2) is 6.16. The molecule has 0 atom stereocenters. The Hall–Kier alpha value is -2.41. The van der Waals surface area contributed by atoms with Crippen LogP contribution in [0.4, 0.5) is 17.1 Å². The highest BCUT2D eigenvalue weighted by Crippen LogP contribution is 2.29. The number of nitrogens with zero attached hydrogens (tertiary/aromatic N) is 1. The van der Waals surface area contributed by atoms with E-state index in [-0.39, 0.29) is 11.3 Å². The Morgan fingerprint density at radius 1 is 1.40 bits per heavy atom. The number of carbonyl (C=O) groups is 1. The van der Waals surface area contributed by atoms with E-state index in [0.717, 1.165) is 0 Å². The number of carbonyl (C=O) groups excluding carboxylic acids is 1. The molecule has 1 heterocycles. The van der Waals surface area contributed by atoms with Crippen molar-refractivity contribution >= 4 is 34.3 Å². The van der Waals surface area contributed by atoms with Crippen molar-refractivity contribution in [3.05, 3.63) is 50.7 Å². The summed E-state index contributed by atoms with van der Waals surface area (Å²) in [5, 5.41) is 20.3. The van der Waals surface area contributed by atoms with Crippen LogP contribution in [0.3, 0.4) is 0 Å². The molecule has 1 amide bonds. The smallest absolute Gasteiger partial charge is 0.305 e. The van der Waals surface area contributed by atoms with Gasteiger partial charge in [-0.15, -0.1) is 0 Å². The van der Waals surface area contributed by atoms with Crippen LogP contribution in [0.2, 0.25) is 0 Å². The van der Waals surface area contributed by atoms with Gasteiger partial charge in [0.15, 0.2) is 0 Å². The molecular formula is C13H13N3O3S. The Balaban J connectivity index is 2.37. The number of nitro groups is 1. The van der Waals surface area contributed by atoms with Crippen molar-refractivity contribution in [2.45, 2.75) is 6.92 Å². The summed E-state index contributed by atoms with van der Waals surface area (Å²) in [5.74, 6) is -0.491. The van der Waals surface area contributed by atoms with Gasteiger partial charge < -0.3 is 10.6 Å². The third-order valence-corrected chi connectivity index (χ3v) is 3.29. The molecule has 2 aromatic rings. The number of rotatable bonds is 5. The molecule has 0 radical (unpaired) electrons. The molecule has 0 fully saturated rings. The summed E-state index contributed by atoms with van der Waals surface area (Å²) in [4.78, 5) is 22.8. The molecule has 104 valence electrons. The fraction of sp³-hybridized carbons (Fsp3) is 0.154. The van der Waals surface area contributed by atoms with Crippen molar-refractivity contribution in [1.82, 2.24) is 0 Å². The van der Waals surface area contributed by atoms with E-state index >= 15 is 0 Å². The third-order valence-electron chi connectivity index (χ3n) is 2.61. The van der Waals surface area contributed by atoms with Gasteiger partial charge in [0.05, 0.1) is 10.6 Å². The van der Waals surface area contributed by atoms with E-state index in [4.69, 9.17) is 0 Å². The van der Waals surface area contributed by atoms with Gasteiger partial charge in [-0.3, -0.25) is 14.9 Å². The zero-order valence-electron chi connectivity index (χ0n) is 10.8. The molecule has 1 aromatic carbocycles. The second-order valence-electron chi connectivity index (χ2n) is 3.96. The minimum atomic E-state index is -0.541. The lowest BCUT2D eigenvalue weighted by molar-refractivity contribution is -0.384. The number of amides is 1. The number of hydrogen-bond acceptors (Lipinski definition) is 5. The molecule has 0 bridgehead atoms. The predicted molar refractivity (Wildman–Crippen MR) is 79.5 cm³/mol. The van der Waals surface area contributed by atoms with Crippen LogP contribution >= 0.6 is 11.3 Å². The summed E-state index contributed by atoms with van der Waals surface area (Å²) in [6.07, 6.45) is 0. The molecule has 0 saturated carbocycles. The maximum atomic E-state index is 12.2. The fourth-order valence-corrected chi connectivity index (χ4v) is 2.38. The predicted octanol–water partition coefficient (Wildman–Crippen LogP) is 3.34. The van der Waals surface area contributed by atoms with Crippen LogP contribution in [0.1, 0.15) is 17.3 Å². The number of para-hydroxylation sites is 1. The largest absolute Gasteiger partial charge is 0.380 e. The van der Waals surface area contributed by atoms with Gasteiger partial charge in [-0.2, -0.15) is 11.3 Å². The molecule has 20 heavy (non-hydrogen) atoms. The standard InChI is InChI=1S/C13H13N3O3S/c1-2-14-11-5-3-4-10(12(11)16(18)19)13(17)15-9-6-7-20-8-9/h3-8,14H,2H2,1H3,(H,15,17). The van der Waals surface area contributed by atoms with Crippen LogP contribution in [0.5, 0.6) is 0 Å². The fourth-order valence-electron chi connectivity index (χ4n) is 1.79. The highest BCUT2D eigenvalue weighted by Gasteiger charge is 2.24. The first-order valence-electron chi connectivity index (χ1n) is 5.98. The van der Waals surface area contributed by atoms with E-state index in [9.17, 15) is 14.9 Å². The number of anilines is 2. The molecule has 7 heteroatoms. The topological polar surface area (TPSA) is 84.3 Å². The van der Waals surface area contributed by atoms with Crippen molar-refractivity contribution in [3.63, 3.8) is 0 Å². The summed E-state index contributed by atoms with van der Waals surface area (Å²) < 4.78 is 0. The van der Waals surface area contributed by atoms with Gasteiger partial charge in [0.25, 0.3) is 5.91 Å². The number of benzene rings is 1. The van der Waals surface area contributed by atoms with Crippen molar-refractivity contribution < 1.29 is 9.72 Å². The highest BCUT2D eigenvalue weighted by atomic mass is 32.1. The van der Waals surface area contributed by atoms with Gasteiger partial charge in [-0.1, -0.05) is 6.07 Å². The number of nitro benzene ring substituents is 1. The first kappa shape index (κ1) is 14.0. The number of thiophene rings is 1. The lowest BCUT2D eigenvalue weighted by atomic mass is 10.1. The lowest BCUT2D eigenvalue weighted by Gasteiger charge is -2.08. The average molecular weight is 291 g/mol. The molecule has 6 nitrogen and oxygen atoms in total. The maximum absolute atomic E-state index is 12.2. The molecule has 0 spiro atoms. The lowest BCUT2D eigenvalue weighted by Crippen LogP contribution is -2.14. The van der Waals surface area contributed by atoms with Gasteiger partial charge in [-0.25, -0.2) is 0 Å². The van der Waals surface area contributed by atoms with Gasteiger partial charge in [0, 0.05) is 11.9 Å². The van der Waals surface area contributed by atoms with E-state index in [0.29, 0.717) is 17.9 Å². The molecule has 0 aliphatic heterocycles. The van der Waals surface area contributed by atoms with Crippen LogP contribution in [0.15, 0.2) is 35.0 Å². The van der Waals surface area contributed by atoms with Gasteiger partial charge in [0.1, 0.15) is 11.3 Å².